The molecule has 0 atom stereocenters. The molecule has 0 amide bonds. The average Bonchev–Trinajstić information content (AvgIpc) is 2.46. The summed E-state index contributed by atoms with van der Waals surface area (Å²) in [5.74, 6) is 0.0988. The summed E-state index contributed by atoms with van der Waals surface area (Å²) in [6.45, 7) is 1.75. The number of hydrogen-bond donors (Lipinski definition) is 1. The predicted molar refractivity (Wildman–Crippen MR) is 75.4 cm³/mol. The molecule has 2 rings (SSSR count). The van der Waals surface area contributed by atoms with E-state index in [0.29, 0.717) is 12.2 Å². The van der Waals surface area contributed by atoms with Crippen molar-refractivity contribution in [2.45, 2.75) is 13.5 Å². The van der Waals surface area contributed by atoms with Crippen LogP contribution >= 0.6 is 0 Å². The lowest BCUT2D eigenvalue weighted by molar-refractivity contribution is 0.101. The quantitative estimate of drug-likeness (QED) is 0.849. The summed E-state index contributed by atoms with van der Waals surface area (Å²) in [6, 6.07) is 12.8. The van der Waals surface area contributed by atoms with Crippen molar-refractivity contribution in [1.29, 1.82) is 0 Å². The fraction of sp³-hybridized carbons (Fsp3) is 0.188. The van der Waals surface area contributed by atoms with E-state index in [9.17, 15) is 9.90 Å². The maximum atomic E-state index is 11.4. The SMILES string of the molecule is COc1c(C(C)=O)ccc(OCc2ccccc2)c1O. The van der Waals surface area contributed by atoms with Gasteiger partial charge in [-0.25, -0.2) is 0 Å². The van der Waals surface area contributed by atoms with Gasteiger partial charge in [-0.15, -0.1) is 0 Å². The van der Waals surface area contributed by atoms with Crippen LogP contribution in [0.5, 0.6) is 17.2 Å². The zero-order valence-electron chi connectivity index (χ0n) is 11.4. The molecule has 0 fully saturated rings. The first-order valence-corrected chi connectivity index (χ1v) is 6.21. The highest BCUT2D eigenvalue weighted by atomic mass is 16.5. The number of ketones is 1. The Hall–Kier alpha value is -2.49. The number of phenolic OH excluding ortho intramolecular Hbond substituents is 1. The van der Waals surface area contributed by atoms with Gasteiger partial charge >= 0.3 is 0 Å². The summed E-state index contributed by atoms with van der Waals surface area (Å²) in [7, 11) is 1.41. The van der Waals surface area contributed by atoms with Crippen molar-refractivity contribution in [3.63, 3.8) is 0 Å². The Bertz CT molecular complexity index is 605. The van der Waals surface area contributed by atoms with Gasteiger partial charge in [0.05, 0.1) is 12.7 Å². The minimum atomic E-state index is -0.174. The summed E-state index contributed by atoms with van der Waals surface area (Å²) < 4.78 is 10.6. The lowest BCUT2D eigenvalue weighted by Gasteiger charge is -2.13. The van der Waals surface area contributed by atoms with Gasteiger partial charge in [0.15, 0.2) is 17.3 Å². The first-order chi connectivity index (χ1) is 9.63. The Balaban J connectivity index is 2.23. The van der Waals surface area contributed by atoms with E-state index < -0.39 is 0 Å². The van der Waals surface area contributed by atoms with E-state index in [0.717, 1.165) is 5.56 Å². The van der Waals surface area contributed by atoms with Gasteiger partial charge in [0, 0.05) is 0 Å². The number of aromatic hydroxyl groups is 1. The van der Waals surface area contributed by atoms with E-state index in [1.165, 1.54) is 14.0 Å². The summed E-state index contributed by atoms with van der Waals surface area (Å²) in [6.07, 6.45) is 0. The topological polar surface area (TPSA) is 55.8 Å². The molecule has 0 spiro atoms. The molecule has 0 bridgehead atoms. The van der Waals surface area contributed by atoms with Gasteiger partial charge in [0.1, 0.15) is 6.61 Å². The molecular formula is C16H16O4. The van der Waals surface area contributed by atoms with Crippen molar-refractivity contribution in [3.8, 4) is 17.2 Å². The molecule has 2 aromatic carbocycles. The normalized spacial score (nSPS) is 10.1. The molecule has 1 N–H and O–H groups in total. The summed E-state index contributed by atoms with van der Waals surface area (Å²) in [5, 5.41) is 10.1. The lowest BCUT2D eigenvalue weighted by Crippen LogP contribution is -2.01. The number of phenols is 1. The number of methoxy groups -OCH3 is 1. The second-order valence-electron chi connectivity index (χ2n) is 4.32. The Morgan fingerprint density at radius 1 is 1.15 bits per heavy atom. The van der Waals surface area contributed by atoms with E-state index in [1.807, 2.05) is 30.3 Å². The predicted octanol–water partition coefficient (Wildman–Crippen LogP) is 3.18. The molecular weight excluding hydrogens is 256 g/mol. The molecule has 4 nitrogen and oxygen atoms in total. The Kier molecular flexibility index (Phi) is 4.25. The maximum Gasteiger partial charge on any atom is 0.201 e. The molecule has 0 heterocycles. The Morgan fingerprint density at radius 3 is 2.45 bits per heavy atom. The van der Waals surface area contributed by atoms with Crippen LogP contribution in [0.1, 0.15) is 22.8 Å². The number of carbonyl (C=O) groups is 1. The molecule has 0 saturated heterocycles. The molecule has 0 aromatic heterocycles. The van der Waals surface area contributed by atoms with Crippen LogP contribution in [0, 0.1) is 0 Å². The smallest absolute Gasteiger partial charge is 0.201 e. The number of benzene rings is 2. The number of ether oxygens (including phenoxy) is 2. The second kappa shape index (κ2) is 6.10. The van der Waals surface area contributed by atoms with Crippen molar-refractivity contribution >= 4 is 5.78 Å². The fourth-order valence-corrected chi connectivity index (χ4v) is 1.89. The molecule has 0 saturated carbocycles. The molecule has 0 radical (unpaired) electrons. The molecule has 0 aliphatic heterocycles. The second-order valence-corrected chi connectivity index (χ2v) is 4.32. The van der Waals surface area contributed by atoms with Crippen LogP contribution in [0.4, 0.5) is 0 Å². The zero-order chi connectivity index (χ0) is 14.5. The largest absolute Gasteiger partial charge is 0.502 e. The molecule has 104 valence electrons. The molecule has 2 aromatic rings. The lowest BCUT2D eigenvalue weighted by atomic mass is 10.1. The minimum absolute atomic E-state index is 0.142. The number of hydrogen-bond acceptors (Lipinski definition) is 4. The summed E-state index contributed by atoms with van der Waals surface area (Å²) in [5.41, 5.74) is 1.32. The van der Waals surface area contributed by atoms with Gasteiger partial charge in [-0.3, -0.25) is 4.79 Å². The van der Waals surface area contributed by atoms with Crippen molar-refractivity contribution in [2.24, 2.45) is 0 Å². The first-order valence-electron chi connectivity index (χ1n) is 6.21. The van der Waals surface area contributed by atoms with Crippen LogP contribution in [0.3, 0.4) is 0 Å². The van der Waals surface area contributed by atoms with Gasteiger partial charge in [-0.05, 0) is 24.6 Å². The van der Waals surface area contributed by atoms with Crippen molar-refractivity contribution in [2.75, 3.05) is 7.11 Å². The van der Waals surface area contributed by atoms with Gasteiger partial charge in [-0.1, -0.05) is 30.3 Å². The van der Waals surface area contributed by atoms with Gasteiger partial charge in [0.2, 0.25) is 5.75 Å². The monoisotopic (exact) mass is 272 g/mol. The van der Waals surface area contributed by atoms with Gasteiger partial charge < -0.3 is 14.6 Å². The Morgan fingerprint density at radius 2 is 1.85 bits per heavy atom. The van der Waals surface area contributed by atoms with Crippen LogP contribution in [0.2, 0.25) is 0 Å². The van der Waals surface area contributed by atoms with E-state index in [4.69, 9.17) is 9.47 Å². The third-order valence-corrected chi connectivity index (χ3v) is 2.92. The van der Waals surface area contributed by atoms with Crippen molar-refractivity contribution in [3.05, 3.63) is 53.6 Å². The molecule has 0 aliphatic rings. The maximum absolute atomic E-state index is 11.4. The van der Waals surface area contributed by atoms with Crippen LogP contribution in [-0.2, 0) is 6.61 Å². The number of rotatable bonds is 5. The summed E-state index contributed by atoms with van der Waals surface area (Å²) >= 11 is 0. The highest BCUT2D eigenvalue weighted by Gasteiger charge is 2.17. The van der Waals surface area contributed by atoms with Crippen molar-refractivity contribution in [1.82, 2.24) is 0 Å². The van der Waals surface area contributed by atoms with Gasteiger partial charge in [-0.2, -0.15) is 0 Å². The Labute approximate surface area is 117 Å². The number of carbonyl (C=O) groups excluding carboxylic acids is 1. The van der Waals surface area contributed by atoms with E-state index in [-0.39, 0.29) is 23.0 Å². The fourth-order valence-electron chi connectivity index (χ4n) is 1.89. The molecule has 20 heavy (non-hydrogen) atoms. The van der Waals surface area contributed by atoms with Crippen LogP contribution in [-0.4, -0.2) is 18.0 Å². The van der Waals surface area contributed by atoms with E-state index in [2.05, 4.69) is 0 Å². The van der Waals surface area contributed by atoms with E-state index >= 15 is 0 Å². The van der Waals surface area contributed by atoms with Crippen LogP contribution in [0.15, 0.2) is 42.5 Å². The highest BCUT2D eigenvalue weighted by Crippen LogP contribution is 2.39. The van der Waals surface area contributed by atoms with Gasteiger partial charge in [0.25, 0.3) is 0 Å². The minimum Gasteiger partial charge on any atom is -0.502 e. The number of Topliss-reactive ketones (excluding diaryl/α,β-unsaturated/α-hetero) is 1. The van der Waals surface area contributed by atoms with Crippen LogP contribution < -0.4 is 9.47 Å². The zero-order valence-corrected chi connectivity index (χ0v) is 11.4. The molecule has 0 unspecified atom stereocenters. The summed E-state index contributed by atoms with van der Waals surface area (Å²) in [4.78, 5) is 11.4. The van der Waals surface area contributed by atoms with Crippen molar-refractivity contribution < 1.29 is 19.4 Å². The average molecular weight is 272 g/mol. The molecule has 4 heteroatoms. The third-order valence-electron chi connectivity index (χ3n) is 2.92. The van der Waals surface area contributed by atoms with Crippen LogP contribution in [0.25, 0.3) is 0 Å². The van der Waals surface area contributed by atoms with E-state index in [1.54, 1.807) is 12.1 Å². The first kappa shape index (κ1) is 13.9. The standard InChI is InChI=1S/C16H16O4/c1-11(17)13-8-9-14(15(18)16(13)19-2)20-10-12-6-4-3-5-7-12/h3-9,18H,10H2,1-2H3. The highest BCUT2D eigenvalue weighted by molar-refractivity contribution is 5.98. The third kappa shape index (κ3) is 2.91. The molecule has 0 aliphatic carbocycles.